The SMILES string of the molecule is CCCc1cc(=O)oc2c3c(cc(OCC(=O)N4CCC(C(N)=O)CC4)c12)OC(C)(C)CC3. The summed E-state index contributed by atoms with van der Waals surface area (Å²) in [6.45, 7) is 6.89. The molecule has 2 aliphatic heterocycles. The van der Waals surface area contributed by atoms with Gasteiger partial charge >= 0.3 is 5.63 Å². The maximum absolute atomic E-state index is 12.8. The Balaban J connectivity index is 1.64. The number of hydrogen-bond donors (Lipinski definition) is 1. The Hall–Kier alpha value is -3.03. The highest BCUT2D eigenvalue weighted by atomic mass is 16.5. The van der Waals surface area contributed by atoms with Crippen LogP contribution in [0.2, 0.25) is 0 Å². The van der Waals surface area contributed by atoms with Gasteiger partial charge in [-0.1, -0.05) is 13.3 Å². The Morgan fingerprint density at radius 2 is 1.97 bits per heavy atom. The van der Waals surface area contributed by atoms with E-state index in [9.17, 15) is 14.4 Å². The van der Waals surface area contributed by atoms with Gasteiger partial charge in [-0.15, -0.1) is 0 Å². The van der Waals surface area contributed by atoms with Crippen LogP contribution in [0.3, 0.4) is 0 Å². The summed E-state index contributed by atoms with van der Waals surface area (Å²) in [5, 5.41) is 0.735. The van der Waals surface area contributed by atoms with Crippen LogP contribution in [0.15, 0.2) is 21.3 Å². The topological polar surface area (TPSA) is 112 Å². The fourth-order valence-electron chi connectivity index (χ4n) is 4.74. The van der Waals surface area contributed by atoms with Crippen LogP contribution >= 0.6 is 0 Å². The third kappa shape index (κ3) is 4.84. The molecule has 1 saturated heterocycles. The molecule has 178 valence electrons. The van der Waals surface area contributed by atoms with E-state index in [0.29, 0.717) is 49.4 Å². The van der Waals surface area contributed by atoms with Crippen LogP contribution in [0.4, 0.5) is 0 Å². The predicted octanol–water partition coefficient (Wildman–Crippen LogP) is 2.95. The van der Waals surface area contributed by atoms with E-state index in [1.165, 1.54) is 6.07 Å². The van der Waals surface area contributed by atoms with Gasteiger partial charge in [0, 0.05) is 36.7 Å². The third-order valence-corrected chi connectivity index (χ3v) is 6.61. The monoisotopic (exact) mass is 456 g/mol. The lowest BCUT2D eigenvalue weighted by atomic mass is 9.91. The number of nitrogens with zero attached hydrogens (tertiary/aromatic N) is 1. The van der Waals surface area contributed by atoms with Crippen LogP contribution in [0, 0.1) is 5.92 Å². The zero-order chi connectivity index (χ0) is 23.8. The van der Waals surface area contributed by atoms with Crippen LogP contribution in [-0.4, -0.2) is 42.0 Å². The van der Waals surface area contributed by atoms with Crippen LogP contribution in [0.1, 0.15) is 57.6 Å². The number of fused-ring (bicyclic) bond motifs is 3. The summed E-state index contributed by atoms with van der Waals surface area (Å²) < 4.78 is 17.9. The standard InChI is InChI=1S/C25H32N2O6/c1-4-5-16-12-21(29)32-23-17-6-9-25(2,3)33-18(17)13-19(22(16)23)31-14-20(28)27-10-7-15(8-11-27)24(26)30/h12-13,15H,4-11,14H2,1-3H3,(H2,26,30). The maximum Gasteiger partial charge on any atom is 0.336 e. The molecule has 4 rings (SSSR count). The lowest BCUT2D eigenvalue weighted by Crippen LogP contribution is -2.43. The van der Waals surface area contributed by atoms with Crippen molar-refractivity contribution in [2.75, 3.05) is 19.7 Å². The number of rotatable bonds is 6. The molecule has 2 aromatic rings. The van der Waals surface area contributed by atoms with E-state index in [4.69, 9.17) is 19.6 Å². The van der Waals surface area contributed by atoms with Gasteiger partial charge in [0.15, 0.2) is 6.61 Å². The molecule has 0 radical (unpaired) electrons. The molecule has 1 aromatic carbocycles. The van der Waals surface area contributed by atoms with Gasteiger partial charge in [-0.25, -0.2) is 4.79 Å². The minimum Gasteiger partial charge on any atom is -0.487 e. The summed E-state index contributed by atoms with van der Waals surface area (Å²) in [6.07, 6.45) is 4.21. The number of hydrogen-bond acceptors (Lipinski definition) is 6. The average molecular weight is 457 g/mol. The molecule has 8 nitrogen and oxygen atoms in total. The van der Waals surface area contributed by atoms with Gasteiger partial charge in [0.05, 0.1) is 5.39 Å². The number of carbonyl (C=O) groups excluding carboxylic acids is 2. The minimum atomic E-state index is -0.400. The van der Waals surface area contributed by atoms with E-state index in [-0.39, 0.29) is 29.9 Å². The summed E-state index contributed by atoms with van der Waals surface area (Å²) >= 11 is 0. The summed E-state index contributed by atoms with van der Waals surface area (Å²) in [4.78, 5) is 38.2. The number of amides is 2. The van der Waals surface area contributed by atoms with Gasteiger partial charge in [0.2, 0.25) is 5.91 Å². The average Bonchev–Trinajstić information content (AvgIpc) is 2.76. The molecule has 2 amide bonds. The maximum atomic E-state index is 12.8. The van der Waals surface area contributed by atoms with Gasteiger partial charge in [0.25, 0.3) is 5.91 Å². The largest absolute Gasteiger partial charge is 0.487 e. The highest BCUT2D eigenvalue weighted by Crippen LogP contribution is 2.43. The molecule has 0 unspecified atom stereocenters. The van der Waals surface area contributed by atoms with Gasteiger partial charge in [-0.05, 0) is 51.5 Å². The molecule has 3 heterocycles. The van der Waals surface area contributed by atoms with Crippen LogP contribution in [0.25, 0.3) is 11.0 Å². The normalized spacial score (nSPS) is 18.0. The third-order valence-electron chi connectivity index (χ3n) is 6.61. The van der Waals surface area contributed by atoms with Gasteiger partial charge in [-0.3, -0.25) is 9.59 Å². The van der Waals surface area contributed by atoms with Crippen molar-refractivity contribution in [3.05, 3.63) is 33.7 Å². The molecule has 0 bridgehead atoms. The smallest absolute Gasteiger partial charge is 0.336 e. The first kappa shape index (κ1) is 23.1. The molecular weight excluding hydrogens is 424 g/mol. The Labute approximate surface area is 193 Å². The lowest BCUT2D eigenvalue weighted by molar-refractivity contribution is -0.136. The van der Waals surface area contributed by atoms with Crippen LogP contribution < -0.4 is 20.8 Å². The molecule has 2 aliphatic rings. The number of likely N-dealkylation sites (tertiary alicyclic amines) is 1. The van der Waals surface area contributed by atoms with Crippen molar-refractivity contribution in [1.29, 1.82) is 0 Å². The number of piperidine rings is 1. The Morgan fingerprint density at radius 3 is 2.64 bits per heavy atom. The first-order valence-corrected chi connectivity index (χ1v) is 11.7. The molecule has 0 aliphatic carbocycles. The number of benzene rings is 1. The lowest BCUT2D eigenvalue weighted by Gasteiger charge is -2.33. The molecular formula is C25H32N2O6. The van der Waals surface area contributed by atoms with Crippen LogP contribution in [-0.2, 0) is 22.4 Å². The second kappa shape index (κ2) is 9.08. The molecule has 2 N–H and O–H groups in total. The van der Waals surface area contributed by atoms with Crippen molar-refractivity contribution in [2.45, 2.75) is 64.9 Å². The van der Waals surface area contributed by atoms with Gasteiger partial charge in [-0.2, -0.15) is 0 Å². The van der Waals surface area contributed by atoms with E-state index in [2.05, 4.69) is 0 Å². The van der Waals surface area contributed by atoms with Crippen LogP contribution in [0.5, 0.6) is 11.5 Å². The van der Waals surface area contributed by atoms with Crippen molar-refractivity contribution in [3.8, 4) is 11.5 Å². The molecule has 1 aromatic heterocycles. The summed E-state index contributed by atoms with van der Waals surface area (Å²) in [6, 6.07) is 3.33. The molecule has 0 spiro atoms. The zero-order valence-corrected chi connectivity index (χ0v) is 19.6. The molecule has 1 fully saturated rings. The van der Waals surface area contributed by atoms with E-state index in [1.54, 1.807) is 4.90 Å². The Bertz CT molecular complexity index is 1130. The molecule has 0 atom stereocenters. The fourth-order valence-corrected chi connectivity index (χ4v) is 4.74. The van der Waals surface area contributed by atoms with Crippen molar-refractivity contribution < 1.29 is 23.5 Å². The number of ether oxygens (including phenoxy) is 2. The zero-order valence-electron chi connectivity index (χ0n) is 19.6. The second-order valence-electron chi connectivity index (χ2n) is 9.60. The highest BCUT2D eigenvalue weighted by Gasteiger charge is 2.31. The summed E-state index contributed by atoms with van der Waals surface area (Å²) in [5.74, 6) is 0.458. The van der Waals surface area contributed by atoms with Crippen molar-refractivity contribution >= 4 is 22.8 Å². The van der Waals surface area contributed by atoms with E-state index >= 15 is 0 Å². The molecule has 33 heavy (non-hydrogen) atoms. The highest BCUT2D eigenvalue weighted by molar-refractivity contribution is 5.92. The fraction of sp³-hybridized carbons (Fsp3) is 0.560. The first-order chi connectivity index (χ1) is 15.7. The first-order valence-electron chi connectivity index (χ1n) is 11.7. The second-order valence-corrected chi connectivity index (χ2v) is 9.60. The van der Waals surface area contributed by atoms with Gasteiger partial charge in [0.1, 0.15) is 22.7 Å². The number of carbonyl (C=O) groups is 2. The number of primary amides is 1. The van der Waals surface area contributed by atoms with Gasteiger partial charge < -0.3 is 24.5 Å². The molecule has 8 heteroatoms. The summed E-state index contributed by atoms with van der Waals surface area (Å²) in [7, 11) is 0. The van der Waals surface area contributed by atoms with Crippen molar-refractivity contribution in [3.63, 3.8) is 0 Å². The minimum absolute atomic E-state index is 0.150. The molecule has 0 saturated carbocycles. The Kier molecular flexibility index (Phi) is 6.36. The number of nitrogens with two attached hydrogens (primary N) is 1. The van der Waals surface area contributed by atoms with Crippen molar-refractivity contribution in [1.82, 2.24) is 4.90 Å². The predicted molar refractivity (Wildman–Crippen MR) is 124 cm³/mol. The number of aryl methyl sites for hydroxylation is 2. The van der Waals surface area contributed by atoms with E-state index in [0.717, 1.165) is 35.8 Å². The van der Waals surface area contributed by atoms with E-state index in [1.807, 2.05) is 26.8 Å². The Morgan fingerprint density at radius 1 is 1.24 bits per heavy atom. The summed E-state index contributed by atoms with van der Waals surface area (Å²) in [5.41, 5.74) is 6.85. The van der Waals surface area contributed by atoms with Crippen molar-refractivity contribution in [2.24, 2.45) is 11.7 Å². The quantitative estimate of drug-likeness (QED) is 0.669. The van der Waals surface area contributed by atoms with E-state index < -0.39 is 5.63 Å².